The summed E-state index contributed by atoms with van der Waals surface area (Å²) in [5.74, 6) is -2.22. The van der Waals surface area contributed by atoms with Crippen LogP contribution in [-0.2, 0) is 24.4 Å². The van der Waals surface area contributed by atoms with Crippen molar-refractivity contribution in [2.75, 3.05) is 12.0 Å². The Balaban J connectivity index is 1.69. The Morgan fingerprint density at radius 1 is 0.905 bits per heavy atom. The lowest BCUT2D eigenvalue weighted by Gasteiger charge is -2.24. The third kappa shape index (κ3) is 8.47. The summed E-state index contributed by atoms with van der Waals surface area (Å²) in [6.45, 7) is 3.12. The number of pyridine rings is 1. The first-order valence-corrected chi connectivity index (χ1v) is 14.9. The molecule has 1 aromatic heterocycles. The van der Waals surface area contributed by atoms with Gasteiger partial charge in [-0.05, 0) is 89.1 Å². The van der Waals surface area contributed by atoms with Crippen molar-refractivity contribution in [3.8, 4) is 11.1 Å². The van der Waals surface area contributed by atoms with E-state index in [1.165, 1.54) is 23.9 Å². The highest BCUT2D eigenvalue weighted by Gasteiger charge is 2.23. The summed E-state index contributed by atoms with van der Waals surface area (Å²) in [6.07, 6.45) is 5.63. The highest BCUT2D eigenvalue weighted by Crippen LogP contribution is 2.29. The predicted molar refractivity (Wildman–Crippen MR) is 162 cm³/mol. The zero-order valence-electron chi connectivity index (χ0n) is 23.5. The molecule has 4 aromatic rings. The van der Waals surface area contributed by atoms with E-state index in [9.17, 15) is 23.5 Å². The van der Waals surface area contributed by atoms with Gasteiger partial charge in [0.15, 0.2) is 0 Å². The maximum atomic E-state index is 14.0. The van der Waals surface area contributed by atoms with Crippen molar-refractivity contribution in [2.45, 2.75) is 39.0 Å². The van der Waals surface area contributed by atoms with Gasteiger partial charge in [-0.2, -0.15) is 11.8 Å². The Morgan fingerprint density at radius 3 is 2.29 bits per heavy atom. The molecule has 9 heteroatoms. The predicted octanol–water partition coefficient (Wildman–Crippen LogP) is 6.47. The Labute approximate surface area is 248 Å². The molecule has 0 fully saturated rings. The number of benzene rings is 3. The molecule has 0 bridgehead atoms. The van der Waals surface area contributed by atoms with Crippen LogP contribution < -0.4 is 5.32 Å². The van der Waals surface area contributed by atoms with Crippen molar-refractivity contribution in [2.24, 2.45) is 0 Å². The standard InChI is InChI=1S/C33H33F2N3O3S/c1-22-6-3-4-8-28(22)30-16-23(9-10-29(30)32(39)37-31(33(40)41)11-13-42-2)19-38(20-24-7-5-12-36-18-24)21-25-14-26(34)17-27(35)15-25/h3-10,12,14-18,31H,11,13,19-21H2,1-2H3,(H,37,39)(H,40,41). The molecule has 0 aliphatic rings. The molecule has 42 heavy (non-hydrogen) atoms. The van der Waals surface area contributed by atoms with Crippen molar-refractivity contribution in [1.29, 1.82) is 0 Å². The van der Waals surface area contributed by atoms with Crippen LogP contribution in [0.4, 0.5) is 8.78 Å². The van der Waals surface area contributed by atoms with Gasteiger partial charge < -0.3 is 10.4 Å². The van der Waals surface area contributed by atoms with Crippen molar-refractivity contribution >= 4 is 23.6 Å². The number of carbonyl (C=O) groups excluding carboxylic acids is 1. The van der Waals surface area contributed by atoms with Gasteiger partial charge in [-0.15, -0.1) is 0 Å². The largest absolute Gasteiger partial charge is 0.480 e. The van der Waals surface area contributed by atoms with Crippen molar-refractivity contribution < 1.29 is 23.5 Å². The fourth-order valence-electron chi connectivity index (χ4n) is 4.85. The lowest BCUT2D eigenvalue weighted by atomic mass is 9.93. The van der Waals surface area contributed by atoms with Gasteiger partial charge >= 0.3 is 5.97 Å². The number of nitrogens with zero attached hydrogens (tertiary/aromatic N) is 2. The third-order valence-electron chi connectivity index (χ3n) is 6.84. The summed E-state index contributed by atoms with van der Waals surface area (Å²) in [5, 5.41) is 12.4. The second kappa shape index (κ2) is 14.7. The van der Waals surface area contributed by atoms with E-state index >= 15 is 0 Å². The molecular formula is C33H33F2N3O3S. The third-order valence-corrected chi connectivity index (χ3v) is 7.49. The lowest BCUT2D eigenvalue weighted by molar-refractivity contribution is -0.139. The van der Waals surface area contributed by atoms with Gasteiger partial charge in [-0.3, -0.25) is 14.7 Å². The number of amides is 1. The van der Waals surface area contributed by atoms with Crippen molar-refractivity contribution in [1.82, 2.24) is 15.2 Å². The van der Waals surface area contributed by atoms with Gasteiger partial charge in [0.25, 0.3) is 5.91 Å². The van der Waals surface area contributed by atoms with Crippen molar-refractivity contribution in [3.05, 3.63) is 125 Å². The van der Waals surface area contributed by atoms with E-state index in [1.54, 1.807) is 18.5 Å². The first kappa shape index (κ1) is 30.9. The molecule has 218 valence electrons. The zero-order chi connectivity index (χ0) is 30.1. The highest BCUT2D eigenvalue weighted by atomic mass is 32.2. The first-order chi connectivity index (χ1) is 20.2. The van der Waals surface area contributed by atoms with Gasteiger partial charge in [0.2, 0.25) is 0 Å². The molecule has 2 N–H and O–H groups in total. The summed E-state index contributed by atoms with van der Waals surface area (Å²) >= 11 is 1.52. The molecule has 0 aliphatic heterocycles. The fraction of sp³-hybridized carbons (Fsp3) is 0.242. The second-order valence-corrected chi connectivity index (χ2v) is 11.1. The number of carboxylic acid groups (broad SMARTS) is 1. The average molecular weight is 590 g/mol. The molecule has 0 saturated heterocycles. The number of aliphatic carboxylic acids is 1. The Hall–Kier alpha value is -4.08. The van der Waals surface area contributed by atoms with Crippen LogP contribution in [0.25, 0.3) is 11.1 Å². The van der Waals surface area contributed by atoms with Crippen LogP contribution in [0.15, 0.2) is 85.2 Å². The topological polar surface area (TPSA) is 82.5 Å². The van der Waals surface area contributed by atoms with Crippen LogP contribution >= 0.6 is 11.8 Å². The van der Waals surface area contributed by atoms with E-state index in [-0.39, 0.29) is 6.54 Å². The van der Waals surface area contributed by atoms with Gasteiger partial charge in [0.05, 0.1) is 0 Å². The molecule has 1 unspecified atom stereocenters. The number of aromatic nitrogens is 1. The molecule has 1 atom stereocenters. The van der Waals surface area contributed by atoms with Crippen LogP contribution in [0.2, 0.25) is 0 Å². The van der Waals surface area contributed by atoms with E-state index < -0.39 is 29.6 Å². The zero-order valence-corrected chi connectivity index (χ0v) is 24.3. The molecule has 0 saturated carbocycles. The SMILES string of the molecule is CSCCC(NC(=O)c1ccc(CN(Cc2cccnc2)Cc2cc(F)cc(F)c2)cc1-c1ccccc1C)C(=O)O. The van der Waals surface area contributed by atoms with Gasteiger partial charge in [0.1, 0.15) is 17.7 Å². The maximum Gasteiger partial charge on any atom is 0.326 e. The molecule has 6 nitrogen and oxygen atoms in total. The first-order valence-electron chi connectivity index (χ1n) is 13.5. The van der Waals surface area contributed by atoms with Crippen LogP contribution in [0.5, 0.6) is 0 Å². The van der Waals surface area contributed by atoms with E-state index in [1.807, 2.05) is 66.6 Å². The van der Waals surface area contributed by atoms with Crippen LogP contribution in [0.3, 0.4) is 0 Å². The number of aryl methyl sites for hydroxylation is 1. The van der Waals surface area contributed by atoms with Gasteiger partial charge in [0, 0.05) is 43.7 Å². The quantitative estimate of drug-likeness (QED) is 0.186. The smallest absolute Gasteiger partial charge is 0.326 e. The number of hydrogen-bond donors (Lipinski definition) is 2. The average Bonchev–Trinajstić information content (AvgIpc) is 2.95. The molecule has 0 aliphatic carbocycles. The summed E-state index contributed by atoms with van der Waals surface area (Å²) < 4.78 is 28.0. The molecule has 0 radical (unpaired) electrons. The number of thioether (sulfide) groups is 1. The minimum Gasteiger partial charge on any atom is -0.480 e. The number of carbonyl (C=O) groups is 2. The minimum absolute atomic E-state index is 0.279. The van der Waals surface area contributed by atoms with E-state index in [4.69, 9.17) is 0 Å². The van der Waals surface area contributed by atoms with Gasteiger partial charge in [-0.25, -0.2) is 13.6 Å². The molecule has 1 amide bonds. The highest BCUT2D eigenvalue weighted by molar-refractivity contribution is 7.98. The second-order valence-electron chi connectivity index (χ2n) is 10.1. The minimum atomic E-state index is -1.08. The van der Waals surface area contributed by atoms with E-state index in [2.05, 4.69) is 10.3 Å². The van der Waals surface area contributed by atoms with Gasteiger partial charge in [-0.1, -0.05) is 36.4 Å². The van der Waals surface area contributed by atoms with Crippen LogP contribution in [0, 0.1) is 18.6 Å². The number of rotatable bonds is 13. The monoisotopic (exact) mass is 589 g/mol. The van der Waals surface area contributed by atoms with Crippen LogP contribution in [-0.4, -0.2) is 44.9 Å². The molecule has 0 spiro atoms. The summed E-state index contributed by atoms with van der Waals surface area (Å²) in [6, 6.07) is 19.4. The Morgan fingerprint density at radius 2 is 1.62 bits per heavy atom. The summed E-state index contributed by atoms with van der Waals surface area (Å²) in [7, 11) is 0. The lowest BCUT2D eigenvalue weighted by Crippen LogP contribution is -2.41. The van der Waals surface area contributed by atoms with Crippen LogP contribution in [0.1, 0.15) is 39.0 Å². The molecule has 1 heterocycles. The Kier molecular flexibility index (Phi) is 10.8. The normalized spacial score (nSPS) is 11.8. The summed E-state index contributed by atoms with van der Waals surface area (Å²) in [5.41, 5.74) is 5.17. The number of hydrogen-bond acceptors (Lipinski definition) is 5. The maximum absolute atomic E-state index is 14.0. The number of halogens is 2. The number of carboxylic acids is 1. The Bertz CT molecular complexity index is 1510. The fourth-order valence-corrected chi connectivity index (χ4v) is 5.32. The van der Waals surface area contributed by atoms with E-state index in [0.29, 0.717) is 42.0 Å². The van der Waals surface area contributed by atoms with E-state index in [0.717, 1.165) is 28.3 Å². The van der Waals surface area contributed by atoms with Crippen molar-refractivity contribution in [3.63, 3.8) is 0 Å². The molecule has 4 rings (SSSR count). The molecule has 3 aromatic carbocycles. The molecular weight excluding hydrogens is 556 g/mol. The summed E-state index contributed by atoms with van der Waals surface area (Å²) in [4.78, 5) is 31.5. The number of nitrogens with one attached hydrogen (secondary N) is 1.